The average molecular weight is 455 g/mol. The van der Waals surface area contributed by atoms with E-state index in [9.17, 15) is 13.2 Å². The number of carbonyl (C=O) groups excluding carboxylic acids is 1. The third kappa shape index (κ3) is 6.94. The monoisotopic (exact) mass is 454 g/mol. The second kappa shape index (κ2) is 10.4. The minimum absolute atomic E-state index is 0.326. The molecule has 0 heterocycles. The molecule has 2 aromatic rings. The van der Waals surface area contributed by atoms with E-state index in [0.29, 0.717) is 18.0 Å². The molecule has 0 spiro atoms. The molecule has 0 aliphatic carbocycles. The van der Waals surface area contributed by atoms with Crippen molar-refractivity contribution >= 4 is 45.0 Å². The van der Waals surface area contributed by atoms with Gasteiger partial charge >= 0.3 is 0 Å². The Hall–Kier alpha value is -1.70. The van der Waals surface area contributed by atoms with E-state index in [0.717, 1.165) is 33.7 Å². The van der Waals surface area contributed by atoms with Crippen LogP contribution in [0.25, 0.3) is 0 Å². The fourth-order valence-corrected chi connectivity index (χ4v) is 5.38. The van der Waals surface area contributed by atoms with Crippen molar-refractivity contribution in [2.45, 2.75) is 32.6 Å². The quantitative estimate of drug-likeness (QED) is 0.577. The summed E-state index contributed by atoms with van der Waals surface area (Å²) in [6, 6.07) is 12.3. The number of hydrogen-bond donors (Lipinski definition) is 1. The van der Waals surface area contributed by atoms with Gasteiger partial charge in [0.05, 0.1) is 11.9 Å². The zero-order valence-corrected chi connectivity index (χ0v) is 19.5. The van der Waals surface area contributed by atoms with Crippen LogP contribution in [0.5, 0.6) is 0 Å². The van der Waals surface area contributed by atoms with Crippen LogP contribution in [-0.2, 0) is 20.6 Å². The molecule has 158 valence electrons. The maximum Gasteiger partial charge on any atom is 0.243 e. The first-order chi connectivity index (χ1) is 13.6. The van der Waals surface area contributed by atoms with Crippen molar-refractivity contribution in [3.63, 3.8) is 0 Å². The molecule has 1 atom stereocenters. The summed E-state index contributed by atoms with van der Waals surface area (Å²) < 4.78 is 26.0. The fourth-order valence-electron chi connectivity index (χ4n) is 3.08. The number of anilines is 1. The normalized spacial score (nSPS) is 12.4. The summed E-state index contributed by atoms with van der Waals surface area (Å²) in [6.07, 6.45) is 1.12. The van der Waals surface area contributed by atoms with Gasteiger partial charge in [0, 0.05) is 23.1 Å². The number of nitrogens with one attached hydrogen (secondary N) is 1. The van der Waals surface area contributed by atoms with E-state index >= 15 is 0 Å². The molecule has 2 rings (SSSR count). The van der Waals surface area contributed by atoms with Crippen LogP contribution in [0.15, 0.2) is 42.5 Å². The van der Waals surface area contributed by atoms with Gasteiger partial charge in [-0.1, -0.05) is 35.9 Å². The molecule has 0 aromatic heterocycles. The van der Waals surface area contributed by atoms with E-state index in [4.69, 9.17) is 11.6 Å². The van der Waals surface area contributed by atoms with Crippen LogP contribution in [-0.4, -0.2) is 38.9 Å². The summed E-state index contributed by atoms with van der Waals surface area (Å²) in [5.74, 6) is 1.13. The predicted molar refractivity (Wildman–Crippen MR) is 123 cm³/mol. The molecule has 0 fully saturated rings. The third-order valence-corrected chi connectivity index (χ3v) is 6.93. The molecular weight excluding hydrogens is 428 g/mol. The largest absolute Gasteiger partial charge is 0.353 e. The maximum atomic E-state index is 12.6. The van der Waals surface area contributed by atoms with E-state index in [-0.39, 0.29) is 5.91 Å². The van der Waals surface area contributed by atoms with Crippen LogP contribution in [0.4, 0.5) is 5.69 Å². The second-order valence-electron chi connectivity index (χ2n) is 7.02. The van der Waals surface area contributed by atoms with Gasteiger partial charge in [-0.15, -0.1) is 0 Å². The first-order valence-corrected chi connectivity index (χ1v) is 12.6. The molecule has 0 saturated carbocycles. The molecule has 0 radical (unpaired) electrons. The van der Waals surface area contributed by atoms with E-state index in [1.165, 1.54) is 4.31 Å². The van der Waals surface area contributed by atoms with E-state index in [1.54, 1.807) is 30.8 Å². The van der Waals surface area contributed by atoms with Crippen LogP contribution >= 0.6 is 23.4 Å². The number of benzene rings is 2. The van der Waals surface area contributed by atoms with Gasteiger partial charge < -0.3 is 5.32 Å². The lowest BCUT2D eigenvalue weighted by Gasteiger charge is -2.28. The molecule has 8 heteroatoms. The van der Waals surface area contributed by atoms with E-state index < -0.39 is 16.1 Å². The first-order valence-electron chi connectivity index (χ1n) is 9.26. The van der Waals surface area contributed by atoms with Gasteiger partial charge in [0.25, 0.3) is 0 Å². The van der Waals surface area contributed by atoms with Crippen LogP contribution in [0.2, 0.25) is 5.02 Å². The molecule has 0 bridgehead atoms. The standard InChI is InChI=1S/C21H27ClN2O3S2/c1-15-11-16(2)13-19(12-15)24(29(4,26)27)17(3)21(25)23-9-10-28-14-18-7-5-6-8-20(18)22/h5-8,11-13,17H,9-10,14H2,1-4H3,(H,23,25)/t17-/m0/s1. The maximum absolute atomic E-state index is 12.6. The van der Waals surface area contributed by atoms with Crippen LogP contribution < -0.4 is 9.62 Å². The van der Waals surface area contributed by atoms with E-state index in [1.807, 2.05) is 44.2 Å². The Balaban J connectivity index is 1.96. The number of carbonyl (C=O) groups is 1. The lowest BCUT2D eigenvalue weighted by atomic mass is 10.1. The van der Waals surface area contributed by atoms with Gasteiger partial charge in [-0.25, -0.2) is 8.42 Å². The number of hydrogen-bond acceptors (Lipinski definition) is 4. The van der Waals surface area contributed by atoms with Gasteiger partial charge in [-0.05, 0) is 55.7 Å². The van der Waals surface area contributed by atoms with Crippen LogP contribution in [0, 0.1) is 13.8 Å². The highest BCUT2D eigenvalue weighted by Crippen LogP contribution is 2.24. The highest BCUT2D eigenvalue weighted by Gasteiger charge is 2.29. The lowest BCUT2D eigenvalue weighted by molar-refractivity contribution is -0.121. The number of rotatable bonds is 9. The predicted octanol–water partition coefficient (Wildman–Crippen LogP) is 4.16. The molecule has 0 unspecified atom stereocenters. The molecule has 0 saturated heterocycles. The van der Waals surface area contributed by atoms with Gasteiger partial charge in [0.15, 0.2) is 0 Å². The topological polar surface area (TPSA) is 66.5 Å². The van der Waals surface area contributed by atoms with Crippen molar-refractivity contribution < 1.29 is 13.2 Å². The Morgan fingerprint density at radius 2 is 1.79 bits per heavy atom. The first kappa shape index (κ1) is 23.6. The summed E-state index contributed by atoms with van der Waals surface area (Å²) in [6.45, 7) is 5.85. The molecule has 1 amide bonds. The van der Waals surface area contributed by atoms with Crippen LogP contribution in [0.1, 0.15) is 23.6 Å². The van der Waals surface area contributed by atoms with Gasteiger partial charge in [0.1, 0.15) is 6.04 Å². The Morgan fingerprint density at radius 1 is 1.17 bits per heavy atom. The van der Waals surface area contributed by atoms with Gasteiger partial charge in [0.2, 0.25) is 15.9 Å². The third-order valence-electron chi connectivity index (χ3n) is 4.31. The Labute approximate surface area is 182 Å². The fraction of sp³-hybridized carbons (Fsp3) is 0.381. The van der Waals surface area contributed by atoms with Crippen molar-refractivity contribution in [3.05, 3.63) is 64.2 Å². The summed E-state index contributed by atoms with van der Waals surface area (Å²) in [7, 11) is -3.62. The van der Waals surface area contributed by atoms with Gasteiger partial charge in [-0.3, -0.25) is 9.10 Å². The molecule has 29 heavy (non-hydrogen) atoms. The zero-order chi connectivity index (χ0) is 21.6. The van der Waals surface area contributed by atoms with Crippen molar-refractivity contribution in [3.8, 4) is 0 Å². The number of amides is 1. The highest BCUT2D eigenvalue weighted by atomic mass is 35.5. The smallest absolute Gasteiger partial charge is 0.243 e. The number of aryl methyl sites for hydroxylation is 2. The summed E-state index contributed by atoms with van der Waals surface area (Å²) >= 11 is 7.80. The minimum atomic E-state index is -3.62. The Kier molecular flexibility index (Phi) is 8.43. The summed E-state index contributed by atoms with van der Waals surface area (Å²) in [5, 5.41) is 3.57. The molecule has 1 N–H and O–H groups in total. The van der Waals surface area contributed by atoms with E-state index in [2.05, 4.69) is 5.32 Å². The molecular formula is C21H27ClN2O3S2. The SMILES string of the molecule is Cc1cc(C)cc(N([C@@H](C)C(=O)NCCSCc2ccccc2Cl)S(C)(=O)=O)c1. The highest BCUT2D eigenvalue weighted by molar-refractivity contribution is 7.98. The van der Waals surface area contributed by atoms with Crippen molar-refractivity contribution in [1.29, 1.82) is 0 Å². The molecule has 0 aliphatic rings. The minimum Gasteiger partial charge on any atom is -0.353 e. The molecule has 5 nitrogen and oxygen atoms in total. The van der Waals surface area contributed by atoms with Crippen molar-refractivity contribution in [2.75, 3.05) is 22.9 Å². The number of nitrogens with zero attached hydrogens (tertiary/aromatic N) is 1. The average Bonchev–Trinajstić information content (AvgIpc) is 2.60. The zero-order valence-electron chi connectivity index (χ0n) is 17.1. The van der Waals surface area contributed by atoms with Crippen molar-refractivity contribution in [1.82, 2.24) is 5.32 Å². The molecule has 0 aliphatic heterocycles. The number of thioether (sulfide) groups is 1. The second-order valence-corrected chi connectivity index (χ2v) is 10.4. The van der Waals surface area contributed by atoms with Crippen molar-refractivity contribution in [2.24, 2.45) is 0 Å². The van der Waals surface area contributed by atoms with Gasteiger partial charge in [-0.2, -0.15) is 11.8 Å². The van der Waals surface area contributed by atoms with Crippen LogP contribution in [0.3, 0.4) is 0 Å². The lowest BCUT2D eigenvalue weighted by Crippen LogP contribution is -2.48. The Bertz CT molecular complexity index is 944. The Morgan fingerprint density at radius 3 is 2.38 bits per heavy atom. The molecule has 2 aromatic carbocycles. The summed E-state index contributed by atoms with van der Waals surface area (Å²) in [4.78, 5) is 12.6. The summed E-state index contributed by atoms with van der Waals surface area (Å²) in [5.41, 5.74) is 3.44. The number of halogens is 1. The number of sulfonamides is 1.